The topological polar surface area (TPSA) is 98.5 Å². The molecule has 1 amide bonds. The van der Waals surface area contributed by atoms with E-state index in [2.05, 4.69) is 5.32 Å². The average molecular weight is 388 g/mol. The summed E-state index contributed by atoms with van der Waals surface area (Å²) in [5, 5.41) is 7.92. The van der Waals surface area contributed by atoms with Crippen molar-refractivity contribution < 1.29 is 17.9 Å². The molecule has 3 rings (SSSR count). The van der Waals surface area contributed by atoms with Gasteiger partial charge in [0.25, 0.3) is 5.91 Å². The number of nitrogens with two attached hydrogens (primary N) is 1. The zero-order valence-corrected chi connectivity index (χ0v) is 16.1. The minimum Gasteiger partial charge on any atom is -0.495 e. The molecule has 0 heterocycles. The number of rotatable bonds is 5. The third-order valence-electron chi connectivity index (χ3n) is 4.98. The van der Waals surface area contributed by atoms with E-state index in [1.807, 2.05) is 24.3 Å². The normalized spacial score (nSPS) is 15.3. The molecule has 1 fully saturated rings. The van der Waals surface area contributed by atoms with Crippen LogP contribution in [0.4, 0.5) is 5.69 Å². The Balaban J connectivity index is 1.75. The molecule has 1 aliphatic carbocycles. The van der Waals surface area contributed by atoms with Crippen LogP contribution in [0, 0.1) is 0 Å². The molecular formula is C20H24N2O4S. The summed E-state index contributed by atoms with van der Waals surface area (Å²) in [6.07, 6.45) is 6.23. The summed E-state index contributed by atoms with van der Waals surface area (Å²) >= 11 is 0. The van der Waals surface area contributed by atoms with E-state index in [-0.39, 0.29) is 16.6 Å². The van der Waals surface area contributed by atoms with Crippen LogP contribution in [-0.4, -0.2) is 21.4 Å². The fourth-order valence-electron chi connectivity index (χ4n) is 3.52. The number of benzene rings is 2. The van der Waals surface area contributed by atoms with E-state index in [1.54, 1.807) is 6.07 Å². The van der Waals surface area contributed by atoms with Crippen molar-refractivity contribution in [2.24, 2.45) is 5.14 Å². The van der Waals surface area contributed by atoms with Crippen LogP contribution in [-0.2, 0) is 10.0 Å². The van der Waals surface area contributed by atoms with Crippen LogP contribution in [0.1, 0.15) is 53.9 Å². The first-order chi connectivity index (χ1) is 12.9. The Bertz CT molecular complexity index is 917. The summed E-state index contributed by atoms with van der Waals surface area (Å²) in [4.78, 5) is 12.3. The van der Waals surface area contributed by atoms with Crippen LogP contribution in [0.3, 0.4) is 0 Å². The minimum absolute atomic E-state index is 0.132. The second kappa shape index (κ2) is 8.10. The van der Waals surface area contributed by atoms with Crippen LogP contribution in [0.15, 0.2) is 47.4 Å². The molecule has 0 bridgehead atoms. The molecule has 144 valence electrons. The van der Waals surface area contributed by atoms with Gasteiger partial charge in [0.2, 0.25) is 10.0 Å². The van der Waals surface area contributed by atoms with E-state index in [4.69, 9.17) is 9.88 Å². The van der Waals surface area contributed by atoms with Gasteiger partial charge in [-0.25, -0.2) is 13.6 Å². The highest BCUT2D eigenvalue weighted by Crippen LogP contribution is 2.32. The molecule has 0 radical (unpaired) electrons. The quantitative estimate of drug-likeness (QED) is 0.817. The van der Waals surface area contributed by atoms with Gasteiger partial charge in [0.05, 0.1) is 7.11 Å². The number of carbonyl (C=O) groups is 1. The zero-order chi connectivity index (χ0) is 19.4. The maximum atomic E-state index is 12.5. The van der Waals surface area contributed by atoms with Crippen molar-refractivity contribution in [3.63, 3.8) is 0 Å². The lowest BCUT2D eigenvalue weighted by molar-refractivity contribution is 0.102. The van der Waals surface area contributed by atoms with Crippen molar-refractivity contribution in [2.75, 3.05) is 12.4 Å². The number of hydrogen-bond donors (Lipinski definition) is 2. The Kier molecular flexibility index (Phi) is 5.82. The Morgan fingerprint density at radius 1 is 1.07 bits per heavy atom. The van der Waals surface area contributed by atoms with E-state index in [0.29, 0.717) is 17.2 Å². The van der Waals surface area contributed by atoms with Crippen LogP contribution in [0.5, 0.6) is 5.75 Å². The summed E-state index contributed by atoms with van der Waals surface area (Å²) in [6, 6.07) is 12.0. The molecular weight excluding hydrogens is 364 g/mol. The van der Waals surface area contributed by atoms with Gasteiger partial charge in [0, 0.05) is 11.3 Å². The molecule has 6 nitrogen and oxygen atoms in total. The fourth-order valence-corrected chi connectivity index (χ4v) is 4.25. The van der Waals surface area contributed by atoms with Gasteiger partial charge < -0.3 is 10.1 Å². The molecule has 0 saturated heterocycles. The maximum absolute atomic E-state index is 12.5. The number of methoxy groups -OCH3 is 1. The van der Waals surface area contributed by atoms with E-state index >= 15 is 0 Å². The number of nitrogens with one attached hydrogen (secondary N) is 1. The summed E-state index contributed by atoms with van der Waals surface area (Å²) in [6.45, 7) is 0. The first-order valence-corrected chi connectivity index (χ1v) is 10.6. The lowest BCUT2D eigenvalue weighted by Crippen LogP contribution is -2.16. The maximum Gasteiger partial charge on any atom is 0.255 e. The average Bonchev–Trinajstić information content (AvgIpc) is 2.68. The number of carbonyl (C=O) groups excluding carboxylic acids is 1. The smallest absolute Gasteiger partial charge is 0.255 e. The Hall–Kier alpha value is -2.38. The lowest BCUT2D eigenvalue weighted by atomic mass is 9.84. The standard InChI is InChI=1S/C20H24N2O4S/c1-26-18-12-11-17(13-19(18)27(21,24)25)22-20(23)16-9-7-15(8-10-16)14-5-3-2-4-6-14/h7-14H,2-6H2,1H3,(H,22,23)(H2,21,24,25). The van der Waals surface area contributed by atoms with Crippen LogP contribution < -0.4 is 15.2 Å². The van der Waals surface area contributed by atoms with Gasteiger partial charge in [0.1, 0.15) is 10.6 Å². The molecule has 0 aliphatic heterocycles. The summed E-state index contributed by atoms with van der Waals surface area (Å²) in [5.74, 6) is 0.401. The van der Waals surface area contributed by atoms with Gasteiger partial charge in [-0.1, -0.05) is 31.4 Å². The van der Waals surface area contributed by atoms with Crippen LogP contribution in [0.2, 0.25) is 0 Å². The van der Waals surface area contributed by atoms with Crippen molar-refractivity contribution in [1.29, 1.82) is 0 Å². The van der Waals surface area contributed by atoms with Crippen molar-refractivity contribution in [2.45, 2.75) is 42.9 Å². The fraction of sp³-hybridized carbons (Fsp3) is 0.350. The molecule has 0 aromatic heterocycles. The summed E-state index contributed by atoms with van der Waals surface area (Å²) in [7, 11) is -2.61. The zero-order valence-electron chi connectivity index (χ0n) is 15.3. The Labute approximate surface area is 159 Å². The Morgan fingerprint density at radius 3 is 2.33 bits per heavy atom. The largest absolute Gasteiger partial charge is 0.495 e. The van der Waals surface area contributed by atoms with Gasteiger partial charge in [-0.15, -0.1) is 0 Å². The third kappa shape index (κ3) is 4.67. The summed E-state index contributed by atoms with van der Waals surface area (Å²) in [5.41, 5.74) is 2.12. The number of ether oxygens (including phenoxy) is 1. The van der Waals surface area contributed by atoms with E-state index in [1.165, 1.54) is 56.9 Å². The summed E-state index contributed by atoms with van der Waals surface area (Å²) < 4.78 is 28.4. The monoisotopic (exact) mass is 388 g/mol. The third-order valence-corrected chi connectivity index (χ3v) is 5.91. The Morgan fingerprint density at radius 2 is 1.74 bits per heavy atom. The van der Waals surface area contributed by atoms with E-state index < -0.39 is 10.0 Å². The van der Waals surface area contributed by atoms with Crippen molar-refractivity contribution in [3.05, 3.63) is 53.6 Å². The molecule has 27 heavy (non-hydrogen) atoms. The van der Waals surface area contributed by atoms with Gasteiger partial charge in [-0.2, -0.15) is 0 Å². The van der Waals surface area contributed by atoms with Crippen molar-refractivity contribution >= 4 is 21.6 Å². The van der Waals surface area contributed by atoms with Gasteiger partial charge >= 0.3 is 0 Å². The highest BCUT2D eigenvalue weighted by Gasteiger charge is 2.18. The minimum atomic E-state index is -3.96. The molecule has 2 aromatic carbocycles. The molecule has 7 heteroatoms. The molecule has 3 N–H and O–H groups in total. The van der Waals surface area contributed by atoms with Crippen LogP contribution in [0.25, 0.3) is 0 Å². The number of amides is 1. The number of hydrogen-bond acceptors (Lipinski definition) is 4. The predicted molar refractivity (Wildman–Crippen MR) is 105 cm³/mol. The second-order valence-electron chi connectivity index (χ2n) is 6.82. The van der Waals surface area contributed by atoms with Gasteiger partial charge in [-0.3, -0.25) is 4.79 Å². The number of anilines is 1. The predicted octanol–water partition coefficient (Wildman–Crippen LogP) is 3.64. The highest BCUT2D eigenvalue weighted by atomic mass is 32.2. The molecule has 0 spiro atoms. The van der Waals surface area contributed by atoms with Gasteiger partial charge in [0.15, 0.2) is 0 Å². The van der Waals surface area contributed by atoms with Crippen molar-refractivity contribution in [1.82, 2.24) is 0 Å². The lowest BCUT2D eigenvalue weighted by Gasteiger charge is -2.22. The molecule has 2 aromatic rings. The molecule has 0 unspecified atom stereocenters. The number of sulfonamides is 1. The molecule has 1 aliphatic rings. The van der Waals surface area contributed by atoms with Gasteiger partial charge in [-0.05, 0) is 54.7 Å². The molecule has 0 atom stereocenters. The highest BCUT2D eigenvalue weighted by molar-refractivity contribution is 7.89. The first-order valence-electron chi connectivity index (χ1n) is 9.00. The van der Waals surface area contributed by atoms with E-state index in [9.17, 15) is 13.2 Å². The first kappa shape index (κ1) is 19.4. The van der Waals surface area contributed by atoms with Crippen LogP contribution >= 0.6 is 0 Å². The number of primary sulfonamides is 1. The van der Waals surface area contributed by atoms with Crippen molar-refractivity contribution in [3.8, 4) is 5.75 Å². The van der Waals surface area contributed by atoms with E-state index in [0.717, 1.165) is 0 Å². The SMILES string of the molecule is COc1ccc(NC(=O)c2ccc(C3CCCCC3)cc2)cc1S(N)(=O)=O. The second-order valence-corrected chi connectivity index (χ2v) is 8.35. The molecule has 1 saturated carbocycles.